The van der Waals surface area contributed by atoms with E-state index in [4.69, 9.17) is 4.98 Å². The molecule has 2 fully saturated rings. The molecule has 0 spiro atoms. The zero-order chi connectivity index (χ0) is 29.5. The lowest BCUT2D eigenvalue weighted by Crippen LogP contribution is -2.34. The number of carbonyl (C=O) groups excluding carboxylic acids is 1. The number of nitrogens with zero attached hydrogens (tertiary/aromatic N) is 3. The molecule has 2 aliphatic carbocycles. The molecule has 42 heavy (non-hydrogen) atoms. The number of aromatic nitrogens is 2. The van der Waals surface area contributed by atoms with Gasteiger partial charge in [-0.05, 0) is 105 Å². The number of hydrogen-bond donors (Lipinski definition) is 2. The topological polar surface area (TPSA) is 62.2 Å². The van der Waals surface area contributed by atoms with E-state index in [0.29, 0.717) is 5.41 Å². The van der Waals surface area contributed by atoms with Crippen molar-refractivity contribution in [3.8, 4) is 11.1 Å². The number of rotatable bonds is 10. The summed E-state index contributed by atoms with van der Waals surface area (Å²) in [5.74, 6) is 1.02. The Morgan fingerprint density at radius 1 is 1.02 bits per heavy atom. The third-order valence-corrected chi connectivity index (χ3v) is 10.7. The number of carbonyl (C=O) groups is 1. The highest BCUT2D eigenvalue weighted by Gasteiger charge is 2.53. The van der Waals surface area contributed by atoms with Crippen molar-refractivity contribution in [2.75, 3.05) is 30.8 Å². The quantitative estimate of drug-likeness (QED) is 0.249. The lowest BCUT2D eigenvalue weighted by molar-refractivity contribution is -0.115. The maximum absolute atomic E-state index is 11.7. The van der Waals surface area contributed by atoms with Gasteiger partial charge in [0.1, 0.15) is 6.29 Å². The van der Waals surface area contributed by atoms with Gasteiger partial charge in [-0.1, -0.05) is 37.3 Å². The van der Waals surface area contributed by atoms with E-state index in [1.807, 2.05) is 7.05 Å². The first-order chi connectivity index (χ1) is 20.3. The zero-order valence-corrected chi connectivity index (χ0v) is 26.1. The second-order valence-corrected chi connectivity index (χ2v) is 13.2. The molecule has 2 saturated carbocycles. The van der Waals surface area contributed by atoms with Crippen molar-refractivity contribution < 1.29 is 4.79 Å². The van der Waals surface area contributed by atoms with Crippen LogP contribution in [0.1, 0.15) is 80.2 Å². The van der Waals surface area contributed by atoms with Gasteiger partial charge in [0, 0.05) is 56.1 Å². The summed E-state index contributed by atoms with van der Waals surface area (Å²) >= 11 is 0. The number of imidazole rings is 1. The third-order valence-electron chi connectivity index (χ3n) is 10.7. The van der Waals surface area contributed by atoms with Crippen LogP contribution in [0.4, 0.5) is 11.4 Å². The van der Waals surface area contributed by atoms with Gasteiger partial charge in [-0.3, -0.25) is 4.90 Å². The third kappa shape index (κ3) is 5.08. The second-order valence-electron chi connectivity index (χ2n) is 13.2. The predicted octanol–water partition coefficient (Wildman–Crippen LogP) is 7.51. The Bertz CT molecular complexity index is 1510. The van der Waals surface area contributed by atoms with Crippen LogP contribution in [0.5, 0.6) is 0 Å². The summed E-state index contributed by atoms with van der Waals surface area (Å²) in [4.78, 5) is 19.6. The monoisotopic (exact) mass is 565 g/mol. The summed E-state index contributed by atoms with van der Waals surface area (Å²) in [5, 5.41) is 7.12. The minimum atomic E-state index is 0.00736. The van der Waals surface area contributed by atoms with Gasteiger partial charge < -0.3 is 20.0 Å². The second kappa shape index (κ2) is 11.4. The Morgan fingerprint density at radius 2 is 1.71 bits per heavy atom. The van der Waals surface area contributed by atoms with Crippen LogP contribution < -0.4 is 10.6 Å². The fourth-order valence-corrected chi connectivity index (χ4v) is 8.09. The van der Waals surface area contributed by atoms with Crippen LogP contribution in [0.3, 0.4) is 0 Å². The van der Waals surface area contributed by atoms with E-state index in [2.05, 4.69) is 90.4 Å². The van der Waals surface area contributed by atoms with Crippen molar-refractivity contribution in [1.29, 1.82) is 0 Å². The van der Waals surface area contributed by atoms with E-state index in [-0.39, 0.29) is 5.41 Å². The van der Waals surface area contributed by atoms with Gasteiger partial charge >= 0.3 is 0 Å². The molecule has 2 aromatic carbocycles. The van der Waals surface area contributed by atoms with Crippen LogP contribution in [-0.2, 0) is 24.8 Å². The molecule has 1 aromatic heterocycles. The lowest BCUT2D eigenvalue weighted by atomic mass is 9.80. The first-order valence-corrected chi connectivity index (χ1v) is 15.9. The van der Waals surface area contributed by atoms with E-state index < -0.39 is 0 Å². The number of aldehydes is 1. The molecule has 2 N–H and O–H groups in total. The van der Waals surface area contributed by atoms with E-state index in [0.717, 1.165) is 74.6 Å². The van der Waals surface area contributed by atoms with Crippen molar-refractivity contribution in [1.82, 2.24) is 14.5 Å². The van der Waals surface area contributed by atoms with Crippen LogP contribution in [0.2, 0.25) is 0 Å². The molecule has 0 amide bonds. The molecule has 6 nitrogen and oxygen atoms in total. The molecule has 6 rings (SSSR count). The lowest BCUT2D eigenvalue weighted by Gasteiger charge is -2.32. The molecule has 2 heterocycles. The summed E-state index contributed by atoms with van der Waals surface area (Å²) in [5.41, 5.74) is 11.3. The Morgan fingerprint density at radius 3 is 2.36 bits per heavy atom. The minimum Gasteiger partial charge on any atom is -0.388 e. The molecule has 1 aliphatic heterocycles. The molecular formula is C36H47N5O. The molecule has 2 bridgehead atoms. The number of hydrogen-bond acceptors (Lipinski definition) is 5. The molecule has 3 aliphatic rings. The highest BCUT2D eigenvalue weighted by molar-refractivity contribution is 5.83. The van der Waals surface area contributed by atoms with E-state index in [1.54, 1.807) is 0 Å². The Labute approximate surface area is 251 Å². The van der Waals surface area contributed by atoms with Crippen molar-refractivity contribution >= 4 is 23.4 Å². The summed E-state index contributed by atoms with van der Waals surface area (Å²) < 4.78 is 2.31. The van der Waals surface area contributed by atoms with Crippen LogP contribution in [0.25, 0.3) is 16.8 Å². The first-order valence-electron chi connectivity index (χ1n) is 15.9. The molecule has 0 unspecified atom stereocenters. The van der Waals surface area contributed by atoms with Gasteiger partial charge in [0.05, 0.1) is 11.4 Å². The van der Waals surface area contributed by atoms with Crippen molar-refractivity contribution in [2.24, 2.45) is 17.9 Å². The molecule has 222 valence electrons. The molecule has 0 radical (unpaired) electrons. The zero-order valence-electron chi connectivity index (χ0n) is 26.1. The summed E-state index contributed by atoms with van der Waals surface area (Å²) in [6.45, 7) is 9.68. The Kier molecular flexibility index (Phi) is 7.77. The fraction of sp³-hybridized carbons (Fsp3) is 0.500. The van der Waals surface area contributed by atoms with Gasteiger partial charge in [-0.25, -0.2) is 4.98 Å². The Hall–Kier alpha value is -3.38. The van der Waals surface area contributed by atoms with Crippen molar-refractivity contribution in [3.63, 3.8) is 0 Å². The highest BCUT2D eigenvalue weighted by atomic mass is 16.1. The summed E-state index contributed by atoms with van der Waals surface area (Å²) in [6, 6.07) is 13.0. The van der Waals surface area contributed by atoms with Crippen LogP contribution in [-0.4, -0.2) is 40.9 Å². The SMILES string of the molecule is CC/C=C(/Nc1cccc(-c2cccc(NC)c2C)c1C)c1nc2c(n1C)CCN(CCC13CCC(C=O)(CC1)C3)C2. The number of benzene rings is 2. The van der Waals surface area contributed by atoms with Gasteiger partial charge in [-0.2, -0.15) is 0 Å². The van der Waals surface area contributed by atoms with Crippen LogP contribution >= 0.6 is 0 Å². The van der Waals surface area contributed by atoms with Crippen molar-refractivity contribution in [2.45, 2.75) is 78.7 Å². The van der Waals surface area contributed by atoms with Crippen LogP contribution in [0.15, 0.2) is 42.5 Å². The minimum absolute atomic E-state index is 0.00736. The van der Waals surface area contributed by atoms with Crippen LogP contribution in [0, 0.1) is 24.7 Å². The molecule has 0 saturated heterocycles. The summed E-state index contributed by atoms with van der Waals surface area (Å²) in [7, 11) is 4.15. The first kappa shape index (κ1) is 28.7. The fourth-order valence-electron chi connectivity index (χ4n) is 8.09. The molecular weight excluding hydrogens is 518 g/mol. The average molecular weight is 566 g/mol. The smallest absolute Gasteiger partial charge is 0.156 e. The van der Waals surface area contributed by atoms with Gasteiger partial charge in [0.2, 0.25) is 0 Å². The van der Waals surface area contributed by atoms with E-state index in [1.165, 1.54) is 59.2 Å². The standard InChI is InChI=1S/C36H47N5O/c1-6-9-31(38-30-13-8-11-28(26(30)3)27-10-7-12-29(37-4)25(27)2)34-39-32-22-41(20-14-33(32)40(34)5)21-19-35-15-17-36(23-35,24-42)18-16-35/h7-13,24,37-38H,6,14-23H2,1-5H3/b31-9+. The number of anilines is 2. The molecule has 3 aromatic rings. The van der Waals surface area contributed by atoms with E-state index >= 15 is 0 Å². The normalized spacial score (nSPS) is 23.7. The van der Waals surface area contributed by atoms with Gasteiger partial charge in [0.25, 0.3) is 0 Å². The Balaban J connectivity index is 1.20. The highest BCUT2D eigenvalue weighted by Crippen LogP contribution is 2.62. The largest absolute Gasteiger partial charge is 0.388 e. The maximum Gasteiger partial charge on any atom is 0.156 e. The number of allylic oxidation sites excluding steroid dienone is 1. The maximum atomic E-state index is 11.7. The molecule has 6 heteroatoms. The van der Waals surface area contributed by atoms with Gasteiger partial charge in [-0.15, -0.1) is 0 Å². The summed E-state index contributed by atoms with van der Waals surface area (Å²) in [6.07, 6.45) is 12.5. The number of nitrogens with one attached hydrogen (secondary N) is 2. The average Bonchev–Trinajstić information content (AvgIpc) is 3.67. The number of fused-ring (bicyclic) bond motifs is 3. The van der Waals surface area contributed by atoms with Gasteiger partial charge in [0.15, 0.2) is 5.82 Å². The molecule has 0 atom stereocenters. The predicted molar refractivity (Wildman–Crippen MR) is 174 cm³/mol. The van der Waals surface area contributed by atoms with E-state index in [9.17, 15) is 4.79 Å². The van der Waals surface area contributed by atoms with Crippen molar-refractivity contribution in [3.05, 3.63) is 70.8 Å².